The van der Waals surface area contributed by atoms with Gasteiger partial charge in [0.2, 0.25) is 0 Å². The molecule has 0 aliphatic heterocycles. The Kier molecular flexibility index (Phi) is 3.48. The van der Waals surface area contributed by atoms with E-state index in [1.165, 1.54) is 4.68 Å². The fourth-order valence-corrected chi connectivity index (χ4v) is 2.75. The summed E-state index contributed by atoms with van der Waals surface area (Å²) in [4.78, 5) is 4.09. The molecule has 0 amide bonds. The number of alkyl halides is 2. The molecule has 0 radical (unpaired) electrons. The number of rotatable bonds is 4. The molecule has 20 heavy (non-hydrogen) atoms. The highest BCUT2D eigenvalue weighted by atomic mass is 19.3. The van der Waals surface area contributed by atoms with Crippen molar-refractivity contribution in [1.82, 2.24) is 14.8 Å². The summed E-state index contributed by atoms with van der Waals surface area (Å²) in [5.41, 5.74) is 8.87. The molecule has 4 nitrogen and oxygen atoms in total. The van der Waals surface area contributed by atoms with Gasteiger partial charge in [0.1, 0.15) is 5.69 Å². The van der Waals surface area contributed by atoms with Crippen molar-refractivity contribution in [2.24, 2.45) is 5.73 Å². The Morgan fingerprint density at radius 2 is 2.20 bits per heavy atom. The number of aryl methyl sites for hydroxylation is 2. The first-order valence-electron chi connectivity index (χ1n) is 6.73. The van der Waals surface area contributed by atoms with Gasteiger partial charge in [0.15, 0.2) is 0 Å². The summed E-state index contributed by atoms with van der Waals surface area (Å²) in [6.45, 7) is 0.900. The van der Waals surface area contributed by atoms with E-state index in [9.17, 15) is 8.78 Å². The van der Waals surface area contributed by atoms with Crippen LogP contribution < -0.4 is 5.73 Å². The van der Waals surface area contributed by atoms with Crippen molar-refractivity contribution in [3.8, 4) is 11.3 Å². The van der Waals surface area contributed by atoms with Gasteiger partial charge in [0.05, 0.1) is 5.69 Å². The number of pyridine rings is 1. The SMILES string of the molecule is NCCCn1nc2c(c1C(F)F)CCc1cnccc1-2. The molecule has 0 saturated carbocycles. The van der Waals surface area contributed by atoms with E-state index < -0.39 is 6.43 Å². The molecule has 106 valence electrons. The molecule has 1 aliphatic rings. The first kappa shape index (κ1) is 13.2. The second kappa shape index (κ2) is 5.28. The van der Waals surface area contributed by atoms with E-state index in [1.54, 1.807) is 12.4 Å². The zero-order valence-electron chi connectivity index (χ0n) is 11.0. The van der Waals surface area contributed by atoms with Crippen molar-refractivity contribution < 1.29 is 8.78 Å². The lowest BCUT2D eigenvalue weighted by Crippen LogP contribution is -2.11. The maximum Gasteiger partial charge on any atom is 0.280 e. The highest BCUT2D eigenvalue weighted by Gasteiger charge is 2.28. The smallest absolute Gasteiger partial charge is 0.280 e. The summed E-state index contributed by atoms with van der Waals surface area (Å²) in [7, 11) is 0. The molecule has 1 aliphatic carbocycles. The molecule has 0 spiro atoms. The molecule has 6 heteroatoms. The van der Waals surface area contributed by atoms with Crippen LogP contribution in [-0.4, -0.2) is 21.3 Å². The van der Waals surface area contributed by atoms with E-state index in [2.05, 4.69) is 10.1 Å². The number of nitrogens with two attached hydrogens (primary N) is 1. The molecule has 2 heterocycles. The van der Waals surface area contributed by atoms with Crippen LogP contribution in [0.5, 0.6) is 0 Å². The Hall–Kier alpha value is -1.82. The number of aromatic nitrogens is 3. The highest BCUT2D eigenvalue weighted by Crippen LogP contribution is 2.37. The second-order valence-corrected chi connectivity index (χ2v) is 4.91. The molecule has 3 rings (SSSR count). The zero-order chi connectivity index (χ0) is 14.1. The molecule has 0 aromatic carbocycles. The van der Waals surface area contributed by atoms with E-state index in [0.29, 0.717) is 37.2 Å². The average molecular weight is 278 g/mol. The molecule has 0 atom stereocenters. The third-order valence-corrected chi connectivity index (χ3v) is 3.68. The van der Waals surface area contributed by atoms with E-state index in [4.69, 9.17) is 5.73 Å². The minimum Gasteiger partial charge on any atom is -0.330 e. The minimum atomic E-state index is -2.51. The summed E-state index contributed by atoms with van der Waals surface area (Å²) in [5, 5.41) is 4.40. The highest BCUT2D eigenvalue weighted by molar-refractivity contribution is 5.69. The molecule has 0 bridgehead atoms. The average Bonchev–Trinajstić information content (AvgIpc) is 2.84. The van der Waals surface area contributed by atoms with Crippen LogP contribution in [0.4, 0.5) is 8.78 Å². The number of fused-ring (bicyclic) bond motifs is 3. The summed E-state index contributed by atoms with van der Waals surface area (Å²) in [6, 6.07) is 1.85. The van der Waals surface area contributed by atoms with Crippen LogP contribution in [0.3, 0.4) is 0 Å². The zero-order valence-corrected chi connectivity index (χ0v) is 11.0. The fourth-order valence-electron chi connectivity index (χ4n) is 2.75. The lowest BCUT2D eigenvalue weighted by atomic mass is 9.90. The van der Waals surface area contributed by atoms with Crippen LogP contribution in [-0.2, 0) is 19.4 Å². The minimum absolute atomic E-state index is 0.0518. The number of hydrogen-bond acceptors (Lipinski definition) is 3. The monoisotopic (exact) mass is 278 g/mol. The standard InChI is InChI=1S/C14H16F2N4/c15-14(16)13-11-3-2-9-8-18-6-4-10(9)12(11)19-20(13)7-1-5-17/h4,6,8,14H,1-3,5,7,17H2. The molecule has 0 unspecified atom stereocenters. The first-order valence-corrected chi connectivity index (χ1v) is 6.73. The predicted molar refractivity (Wildman–Crippen MR) is 71.5 cm³/mol. The summed E-state index contributed by atoms with van der Waals surface area (Å²) in [6.07, 6.45) is 2.93. The third-order valence-electron chi connectivity index (χ3n) is 3.68. The van der Waals surface area contributed by atoms with Crippen LogP contribution in [0.15, 0.2) is 18.5 Å². The number of nitrogens with zero attached hydrogens (tertiary/aromatic N) is 3. The van der Waals surface area contributed by atoms with Gasteiger partial charge in [0, 0.05) is 30.1 Å². The van der Waals surface area contributed by atoms with Gasteiger partial charge >= 0.3 is 0 Å². The summed E-state index contributed by atoms with van der Waals surface area (Å²) < 4.78 is 28.1. The maximum atomic E-state index is 13.3. The van der Waals surface area contributed by atoms with Gasteiger partial charge in [-0.1, -0.05) is 0 Å². The lowest BCUT2D eigenvalue weighted by molar-refractivity contribution is 0.137. The topological polar surface area (TPSA) is 56.7 Å². The van der Waals surface area contributed by atoms with Crippen molar-refractivity contribution in [3.05, 3.63) is 35.3 Å². The van der Waals surface area contributed by atoms with Crippen molar-refractivity contribution in [2.45, 2.75) is 32.2 Å². The Balaban J connectivity index is 2.11. The molecular weight excluding hydrogens is 262 g/mol. The van der Waals surface area contributed by atoms with Gasteiger partial charge < -0.3 is 5.73 Å². The number of hydrogen-bond donors (Lipinski definition) is 1. The Morgan fingerprint density at radius 1 is 1.35 bits per heavy atom. The summed E-state index contributed by atoms with van der Waals surface area (Å²) >= 11 is 0. The number of halogens is 2. The summed E-state index contributed by atoms with van der Waals surface area (Å²) in [5.74, 6) is 0. The Morgan fingerprint density at radius 3 is 2.95 bits per heavy atom. The van der Waals surface area contributed by atoms with Gasteiger partial charge in [-0.15, -0.1) is 0 Å². The van der Waals surface area contributed by atoms with Crippen molar-refractivity contribution in [1.29, 1.82) is 0 Å². The quantitative estimate of drug-likeness (QED) is 0.933. The fraction of sp³-hybridized carbons (Fsp3) is 0.429. The molecule has 2 N–H and O–H groups in total. The van der Waals surface area contributed by atoms with Crippen molar-refractivity contribution >= 4 is 0 Å². The predicted octanol–water partition coefficient (Wildman–Crippen LogP) is 2.33. The van der Waals surface area contributed by atoms with Crippen LogP contribution in [0.25, 0.3) is 11.3 Å². The maximum absolute atomic E-state index is 13.3. The van der Waals surface area contributed by atoms with Crippen LogP contribution in [0.1, 0.15) is 29.7 Å². The molecule has 2 aromatic heterocycles. The van der Waals surface area contributed by atoms with Gasteiger partial charge in [-0.25, -0.2) is 8.78 Å². The van der Waals surface area contributed by atoms with E-state index >= 15 is 0 Å². The van der Waals surface area contributed by atoms with E-state index in [-0.39, 0.29) is 5.69 Å². The van der Waals surface area contributed by atoms with Crippen LogP contribution in [0.2, 0.25) is 0 Å². The van der Waals surface area contributed by atoms with E-state index in [0.717, 1.165) is 17.5 Å². The normalized spacial score (nSPS) is 13.4. The lowest BCUT2D eigenvalue weighted by Gasteiger charge is -2.15. The largest absolute Gasteiger partial charge is 0.330 e. The van der Waals surface area contributed by atoms with Gasteiger partial charge in [-0.05, 0) is 37.4 Å². The van der Waals surface area contributed by atoms with Crippen LogP contribution in [0, 0.1) is 0 Å². The molecule has 0 fully saturated rings. The molecule has 2 aromatic rings. The Bertz CT molecular complexity index is 622. The Labute approximate surface area is 115 Å². The molecule has 0 saturated heterocycles. The molecular formula is C14H16F2N4. The van der Waals surface area contributed by atoms with Gasteiger partial charge in [0.25, 0.3) is 6.43 Å². The van der Waals surface area contributed by atoms with Gasteiger partial charge in [-0.3, -0.25) is 9.67 Å². The van der Waals surface area contributed by atoms with E-state index in [1.807, 2.05) is 6.07 Å². The van der Waals surface area contributed by atoms with Crippen molar-refractivity contribution in [3.63, 3.8) is 0 Å². The van der Waals surface area contributed by atoms with Gasteiger partial charge in [-0.2, -0.15) is 5.10 Å². The van der Waals surface area contributed by atoms with Crippen molar-refractivity contribution in [2.75, 3.05) is 6.54 Å². The first-order chi connectivity index (χ1) is 9.72. The second-order valence-electron chi connectivity index (χ2n) is 4.91. The van der Waals surface area contributed by atoms with Crippen LogP contribution >= 0.6 is 0 Å². The third kappa shape index (κ3) is 2.10.